The summed E-state index contributed by atoms with van der Waals surface area (Å²) in [6, 6.07) is 8.18. The van der Waals surface area contributed by atoms with Crippen LogP contribution in [-0.4, -0.2) is 44.2 Å². The minimum absolute atomic E-state index is 0.181. The Balaban J connectivity index is 1.74. The number of methoxy groups -OCH3 is 1. The maximum absolute atomic E-state index is 11.8. The van der Waals surface area contributed by atoms with Gasteiger partial charge in [0.2, 0.25) is 5.91 Å². The van der Waals surface area contributed by atoms with Crippen molar-refractivity contribution in [1.29, 1.82) is 0 Å². The van der Waals surface area contributed by atoms with Crippen LogP contribution in [0.3, 0.4) is 0 Å². The normalized spacial score (nSPS) is 17.5. The Bertz CT molecular complexity index is 481. The van der Waals surface area contributed by atoms with Crippen LogP contribution in [0, 0.1) is 5.92 Å². The Hall–Kier alpha value is -1.36. The average molecular weight is 322 g/mol. The monoisotopic (exact) mass is 322 g/mol. The lowest BCUT2D eigenvalue weighted by Gasteiger charge is -2.19. The van der Waals surface area contributed by atoms with E-state index in [1.54, 1.807) is 7.11 Å². The van der Waals surface area contributed by atoms with E-state index in [4.69, 9.17) is 4.74 Å². The summed E-state index contributed by atoms with van der Waals surface area (Å²) in [7, 11) is 1.69. The van der Waals surface area contributed by atoms with E-state index in [0.29, 0.717) is 12.3 Å². The molecule has 2 rings (SSSR count). The lowest BCUT2D eigenvalue weighted by Crippen LogP contribution is -2.31. The molecular weight excluding hydrogens is 296 g/mol. The van der Waals surface area contributed by atoms with E-state index in [0.717, 1.165) is 43.3 Å². The Kier molecular flexibility index (Phi) is 6.90. The fourth-order valence-corrected chi connectivity index (χ4v) is 3.32. The Morgan fingerprint density at radius 1 is 1.50 bits per heavy atom. The molecule has 22 heavy (non-hydrogen) atoms. The van der Waals surface area contributed by atoms with Crippen LogP contribution in [0.2, 0.25) is 0 Å². The number of thioether (sulfide) groups is 1. The molecule has 0 bridgehead atoms. The van der Waals surface area contributed by atoms with Gasteiger partial charge in [-0.15, -0.1) is 0 Å². The number of nitrogens with one attached hydrogen (secondary N) is 1. The van der Waals surface area contributed by atoms with Crippen molar-refractivity contribution in [2.45, 2.75) is 19.8 Å². The lowest BCUT2D eigenvalue weighted by atomic mass is 10.1. The largest absolute Gasteiger partial charge is 0.497 e. The van der Waals surface area contributed by atoms with Crippen LogP contribution in [0.1, 0.15) is 19.8 Å². The number of nitrogens with zero attached hydrogens (tertiary/aromatic N) is 1. The molecular formula is C17H26N2O2S. The van der Waals surface area contributed by atoms with Gasteiger partial charge < -0.3 is 15.0 Å². The average Bonchev–Trinajstić information content (AvgIpc) is 3.02. The third kappa shape index (κ3) is 5.13. The summed E-state index contributed by atoms with van der Waals surface area (Å²) < 4.78 is 5.28. The first kappa shape index (κ1) is 17.0. The van der Waals surface area contributed by atoms with Crippen LogP contribution in [0.15, 0.2) is 24.3 Å². The van der Waals surface area contributed by atoms with Crippen molar-refractivity contribution in [2.24, 2.45) is 5.92 Å². The molecule has 0 radical (unpaired) electrons. The molecule has 1 saturated heterocycles. The second kappa shape index (κ2) is 8.93. The van der Waals surface area contributed by atoms with Crippen molar-refractivity contribution in [2.75, 3.05) is 43.1 Å². The highest BCUT2D eigenvalue weighted by atomic mass is 32.2. The number of hydrogen-bond acceptors (Lipinski definition) is 4. The first-order valence-corrected chi connectivity index (χ1v) is 9.11. The fraction of sp³-hybridized carbons (Fsp3) is 0.588. The van der Waals surface area contributed by atoms with Crippen molar-refractivity contribution < 1.29 is 9.53 Å². The van der Waals surface area contributed by atoms with E-state index < -0.39 is 0 Å². The Morgan fingerprint density at radius 3 is 3.14 bits per heavy atom. The molecule has 1 heterocycles. The Labute approximate surface area is 137 Å². The molecule has 0 unspecified atom stereocenters. The van der Waals surface area contributed by atoms with Crippen molar-refractivity contribution in [1.82, 2.24) is 5.32 Å². The van der Waals surface area contributed by atoms with Gasteiger partial charge in [0.1, 0.15) is 5.75 Å². The third-order valence-electron chi connectivity index (χ3n) is 3.97. The standard InChI is InChI=1S/C17H26N2O2S/c1-3-22-10-8-17(20)18-12-14-7-9-19(13-14)15-5-4-6-16(11-15)21-2/h4-6,11,14H,3,7-10,12-13H2,1-2H3,(H,18,20)/t14-/m0/s1. The maximum Gasteiger partial charge on any atom is 0.220 e. The minimum atomic E-state index is 0.181. The summed E-state index contributed by atoms with van der Waals surface area (Å²) in [5, 5.41) is 3.07. The van der Waals surface area contributed by atoms with Crippen LogP contribution < -0.4 is 15.0 Å². The smallest absolute Gasteiger partial charge is 0.220 e. The topological polar surface area (TPSA) is 41.6 Å². The zero-order valence-electron chi connectivity index (χ0n) is 13.5. The summed E-state index contributed by atoms with van der Waals surface area (Å²) in [6.07, 6.45) is 1.76. The molecule has 0 aromatic heterocycles. The number of hydrogen-bond donors (Lipinski definition) is 1. The lowest BCUT2D eigenvalue weighted by molar-refractivity contribution is -0.120. The molecule has 122 valence electrons. The number of benzene rings is 1. The molecule has 0 spiro atoms. The van der Waals surface area contributed by atoms with Gasteiger partial charge in [-0.2, -0.15) is 11.8 Å². The number of ether oxygens (including phenoxy) is 1. The van der Waals surface area contributed by atoms with Gasteiger partial charge in [0, 0.05) is 43.6 Å². The highest BCUT2D eigenvalue weighted by Gasteiger charge is 2.23. The van der Waals surface area contributed by atoms with Gasteiger partial charge in [0.25, 0.3) is 0 Å². The molecule has 0 aliphatic carbocycles. The van der Waals surface area contributed by atoms with E-state index in [9.17, 15) is 4.79 Å². The van der Waals surface area contributed by atoms with E-state index in [-0.39, 0.29) is 5.91 Å². The molecule has 1 fully saturated rings. The number of rotatable bonds is 8. The highest BCUT2D eigenvalue weighted by molar-refractivity contribution is 7.99. The molecule has 4 nitrogen and oxygen atoms in total. The predicted molar refractivity (Wildman–Crippen MR) is 93.9 cm³/mol. The molecule has 1 amide bonds. The zero-order chi connectivity index (χ0) is 15.8. The van der Waals surface area contributed by atoms with E-state index in [1.807, 2.05) is 23.9 Å². The highest BCUT2D eigenvalue weighted by Crippen LogP contribution is 2.26. The van der Waals surface area contributed by atoms with Gasteiger partial charge in [0.15, 0.2) is 0 Å². The SMILES string of the molecule is CCSCCC(=O)NC[C@@H]1CCN(c2cccc(OC)c2)C1. The predicted octanol–water partition coefficient (Wildman–Crippen LogP) is 2.78. The van der Waals surface area contributed by atoms with E-state index >= 15 is 0 Å². The summed E-state index contributed by atoms with van der Waals surface area (Å²) in [5.41, 5.74) is 1.20. The first-order valence-electron chi connectivity index (χ1n) is 7.96. The van der Waals surface area contributed by atoms with Crippen LogP contribution >= 0.6 is 11.8 Å². The molecule has 1 aromatic rings. The maximum atomic E-state index is 11.8. The van der Waals surface area contributed by atoms with E-state index in [1.165, 1.54) is 5.69 Å². The van der Waals surface area contributed by atoms with Crippen molar-refractivity contribution in [3.05, 3.63) is 24.3 Å². The minimum Gasteiger partial charge on any atom is -0.497 e. The quantitative estimate of drug-likeness (QED) is 0.747. The van der Waals surface area contributed by atoms with Crippen molar-refractivity contribution in [3.63, 3.8) is 0 Å². The van der Waals surface area contributed by atoms with Crippen LogP contribution in [0.25, 0.3) is 0 Å². The van der Waals surface area contributed by atoms with Crippen LogP contribution in [0.5, 0.6) is 5.75 Å². The first-order chi connectivity index (χ1) is 10.7. The van der Waals surface area contributed by atoms with Gasteiger partial charge in [0.05, 0.1) is 7.11 Å². The van der Waals surface area contributed by atoms with Gasteiger partial charge in [-0.25, -0.2) is 0 Å². The summed E-state index contributed by atoms with van der Waals surface area (Å²) in [6.45, 7) is 4.95. The molecule has 1 atom stereocenters. The van der Waals surface area contributed by atoms with Crippen molar-refractivity contribution >= 4 is 23.4 Å². The van der Waals surface area contributed by atoms with Crippen molar-refractivity contribution in [3.8, 4) is 5.75 Å². The zero-order valence-corrected chi connectivity index (χ0v) is 14.3. The summed E-state index contributed by atoms with van der Waals surface area (Å²) >= 11 is 1.81. The number of carbonyl (C=O) groups is 1. The fourth-order valence-electron chi connectivity index (χ4n) is 2.70. The number of carbonyl (C=O) groups excluding carboxylic acids is 1. The van der Waals surface area contributed by atoms with E-state index in [2.05, 4.69) is 29.3 Å². The number of anilines is 1. The van der Waals surface area contributed by atoms with Gasteiger partial charge in [-0.1, -0.05) is 13.0 Å². The molecule has 1 N–H and O–H groups in total. The van der Waals surface area contributed by atoms with Crippen LogP contribution in [-0.2, 0) is 4.79 Å². The molecule has 5 heteroatoms. The van der Waals surface area contributed by atoms with Gasteiger partial charge in [-0.05, 0) is 30.2 Å². The molecule has 0 saturated carbocycles. The summed E-state index contributed by atoms with van der Waals surface area (Å²) in [5.74, 6) is 3.60. The Morgan fingerprint density at radius 2 is 2.36 bits per heavy atom. The van der Waals surface area contributed by atoms with Crippen LogP contribution in [0.4, 0.5) is 5.69 Å². The molecule has 1 aromatic carbocycles. The second-order valence-electron chi connectivity index (χ2n) is 5.55. The third-order valence-corrected chi connectivity index (χ3v) is 4.87. The molecule has 1 aliphatic heterocycles. The molecule has 1 aliphatic rings. The summed E-state index contributed by atoms with van der Waals surface area (Å²) in [4.78, 5) is 14.1. The van der Waals surface area contributed by atoms with Gasteiger partial charge >= 0.3 is 0 Å². The number of amides is 1. The second-order valence-corrected chi connectivity index (χ2v) is 6.95. The van der Waals surface area contributed by atoms with Gasteiger partial charge in [-0.3, -0.25) is 4.79 Å².